The van der Waals surface area contributed by atoms with Gasteiger partial charge in [0.05, 0.1) is 5.25 Å². The Hall–Kier alpha value is -0.960. The Kier molecular flexibility index (Phi) is 5.32. The first-order chi connectivity index (χ1) is 9.16. The van der Waals surface area contributed by atoms with Crippen LogP contribution in [0.5, 0.6) is 0 Å². The summed E-state index contributed by atoms with van der Waals surface area (Å²) in [7, 11) is 0. The molecule has 104 valence electrons. The summed E-state index contributed by atoms with van der Waals surface area (Å²) in [6.07, 6.45) is 4.86. The summed E-state index contributed by atoms with van der Waals surface area (Å²) in [5.41, 5.74) is 1.26. The molecule has 0 spiro atoms. The zero-order valence-electron chi connectivity index (χ0n) is 11.9. The molecule has 0 aliphatic carbocycles. The van der Waals surface area contributed by atoms with Crippen LogP contribution in [0.25, 0.3) is 0 Å². The molecular formula is C16H23NOS. The third-order valence-corrected chi connectivity index (χ3v) is 4.70. The predicted molar refractivity (Wildman–Crippen MR) is 81.5 cm³/mol. The SMILES string of the molecule is Cc1ccc(S[C@@H](C)C(=O)N2CCCCCC2)cc1. The van der Waals surface area contributed by atoms with Gasteiger partial charge in [-0.1, -0.05) is 30.5 Å². The Labute approximate surface area is 120 Å². The Bertz CT molecular complexity index is 407. The number of hydrogen-bond donors (Lipinski definition) is 0. The van der Waals surface area contributed by atoms with E-state index in [0.717, 1.165) is 25.9 Å². The molecular weight excluding hydrogens is 254 g/mol. The van der Waals surface area contributed by atoms with Gasteiger partial charge in [0.2, 0.25) is 5.91 Å². The molecule has 0 N–H and O–H groups in total. The zero-order valence-corrected chi connectivity index (χ0v) is 12.7. The van der Waals surface area contributed by atoms with E-state index in [2.05, 4.69) is 36.1 Å². The van der Waals surface area contributed by atoms with Crippen molar-refractivity contribution < 1.29 is 4.79 Å². The lowest BCUT2D eigenvalue weighted by atomic mass is 10.2. The van der Waals surface area contributed by atoms with Crippen molar-refractivity contribution in [3.63, 3.8) is 0 Å². The van der Waals surface area contributed by atoms with Crippen molar-refractivity contribution in [1.29, 1.82) is 0 Å². The molecule has 0 unspecified atom stereocenters. The van der Waals surface area contributed by atoms with Crippen LogP contribution in [0.2, 0.25) is 0 Å². The fraction of sp³-hybridized carbons (Fsp3) is 0.562. The summed E-state index contributed by atoms with van der Waals surface area (Å²) < 4.78 is 0. The second kappa shape index (κ2) is 6.99. The van der Waals surface area contributed by atoms with Gasteiger partial charge in [-0.3, -0.25) is 4.79 Å². The van der Waals surface area contributed by atoms with E-state index in [0.29, 0.717) is 5.91 Å². The lowest BCUT2D eigenvalue weighted by Crippen LogP contribution is -2.37. The molecule has 1 saturated heterocycles. The molecule has 3 heteroatoms. The zero-order chi connectivity index (χ0) is 13.7. The standard InChI is InChI=1S/C16H23NOS/c1-13-7-9-15(10-8-13)19-14(2)16(18)17-11-5-3-4-6-12-17/h7-10,14H,3-6,11-12H2,1-2H3/t14-/m0/s1. The molecule has 2 rings (SSSR count). The number of amides is 1. The van der Waals surface area contributed by atoms with Crippen LogP contribution in [0.15, 0.2) is 29.2 Å². The highest BCUT2D eigenvalue weighted by Gasteiger charge is 2.22. The van der Waals surface area contributed by atoms with E-state index in [1.807, 2.05) is 6.92 Å². The van der Waals surface area contributed by atoms with Crippen molar-refractivity contribution in [3.8, 4) is 0 Å². The van der Waals surface area contributed by atoms with Gasteiger partial charge >= 0.3 is 0 Å². The van der Waals surface area contributed by atoms with Crippen molar-refractivity contribution in [2.45, 2.75) is 49.7 Å². The van der Waals surface area contributed by atoms with Crippen molar-refractivity contribution in [2.75, 3.05) is 13.1 Å². The van der Waals surface area contributed by atoms with Gasteiger partial charge in [-0.05, 0) is 38.8 Å². The van der Waals surface area contributed by atoms with Gasteiger partial charge in [-0.15, -0.1) is 11.8 Å². The van der Waals surface area contributed by atoms with E-state index in [9.17, 15) is 4.79 Å². The summed E-state index contributed by atoms with van der Waals surface area (Å²) in [5, 5.41) is 0.0146. The van der Waals surface area contributed by atoms with Gasteiger partial charge in [-0.25, -0.2) is 0 Å². The summed E-state index contributed by atoms with van der Waals surface area (Å²) in [4.78, 5) is 15.7. The van der Waals surface area contributed by atoms with Crippen molar-refractivity contribution >= 4 is 17.7 Å². The number of rotatable bonds is 3. The summed E-state index contributed by atoms with van der Waals surface area (Å²) >= 11 is 1.67. The fourth-order valence-electron chi connectivity index (χ4n) is 2.42. The summed E-state index contributed by atoms with van der Waals surface area (Å²) in [6, 6.07) is 8.41. The van der Waals surface area contributed by atoms with Crippen molar-refractivity contribution in [3.05, 3.63) is 29.8 Å². The quantitative estimate of drug-likeness (QED) is 0.782. The van der Waals surface area contributed by atoms with Gasteiger partial charge in [0.1, 0.15) is 0 Å². The van der Waals surface area contributed by atoms with Crippen LogP contribution >= 0.6 is 11.8 Å². The average molecular weight is 277 g/mol. The predicted octanol–water partition coefficient (Wildman–Crippen LogP) is 3.88. The van der Waals surface area contributed by atoms with Crippen molar-refractivity contribution in [2.24, 2.45) is 0 Å². The maximum atomic E-state index is 12.4. The number of benzene rings is 1. The highest BCUT2D eigenvalue weighted by Crippen LogP contribution is 2.25. The smallest absolute Gasteiger partial charge is 0.235 e. The first-order valence-corrected chi connectivity index (χ1v) is 8.07. The Morgan fingerprint density at radius 2 is 1.68 bits per heavy atom. The summed E-state index contributed by atoms with van der Waals surface area (Å²) in [5.74, 6) is 0.299. The molecule has 19 heavy (non-hydrogen) atoms. The number of likely N-dealkylation sites (tertiary alicyclic amines) is 1. The average Bonchev–Trinajstić information content (AvgIpc) is 2.69. The van der Waals surface area contributed by atoms with Crippen LogP contribution in [0.1, 0.15) is 38.2 Å². The molecule has 0 saturated carbocycles. The van der Waals surface area contributed by atoms with Gasteiger partial charge < -0.3 is 4.90 Å². The lowest BCUT2D eigenvalue weighted by Gasteiger charge is -2.23. The second-order valence-electron chi connectivity index (χ2n) is 5.31. The third kappa shape index (κ3) is 4.27. The van der Waals surface area contributed by atoms with Crippen LogP contribution in [0.3, 0.4) is 0 Å². The van der Waals surface area contributed by atoms with Crippen LogP contribution < -0.4 is 0 Å². The summed E-state index contributed by atoms with van der Waals surface area (Å²) in [6.45, 7) is 5.99. The van der Waals surface area contributed by atoms with E-state index in [1.165, 1.54) is 23.3 Å². The molecule has 0 aromatic heterocycles. The van der Waals surface area contributed by atoms with E-state index in [4.69, 9.17) is 0 Å². The molecule has 2 nitrogen and oxygen atoms in total. The minimum Gasteiger partial charge on any atom is -0.342 e. The number of thioether (sulfide) groups is 1. The molecule has 0 radical (unpaired) electrons. The van der Waals surface area contributed by atoms with Crippen molar-refractivity contribution in [1.82, 2.24) is 4.90 Å². The molecule has 1 fully saturated rings. The number of nitrogens with zero attached hydrogens (tertiary/aromatic N) is 1. The van der Waals surface area contributed by atoms with Gasteiger partial charge in [-0.2, -0.15) is 0 Å². The van der Waals surface area contributed by atoms with Gasteiger partial charge in [0, 0.05) is 18.0 Å². The second-order valence-corrected chi connectivity index (χ2v) is 6.73. The maximum Gasteiger partial charge on any atom is 0.235 e. The topological polar surface area (TPSA) is 20.3 Å². The first-order valence-electron chi connectivity index (χ1n) is 7.19. The molecule has 1 aromatic rings. The Balaban J connectivity index is 1.92. The Morgan fingerprint density at radius 1 is 1.11 bits per heavy atom. The molecule has 1 aliphatic heterocycles. The molecule has 1 atom stereocenters. The van der Waals surface area contributed by atoms with Gasteiger partial charge in [0.25, 0.3) is 0 Å². The number of carbonyl (C=O) groups is 1. The van der Waals surface area contributed by atoms with E-state index < -0.39 is 0 Å². The highest BCUT2D eigenvalue weighted by atomic mass is 32.2. The molecule has 0 bridgehead atoms. The van der Waals surface area contributed by atoms with Crippen LogP contribution in [0, 0.1) is 6.92 Å². The Morgan fingerprint density at radius 3 is 2.26 bits per heavy atom. The normalized spacial score (nSPS) is 17.9. The highest BCUT2D eigenvalue weighted by molar-refractivity contribution is 8.00. The van der Waals surface area contributed by atoms with Crippen LogP contribution in [0.4, 0.5) is 0 Å². The number of hydrogen-bond acceptors (Lipinski definition) is 2. The lowest BCUT2D eigenvalue weighted by molar-refractivity contribution is -0.130. The molecule has 1 aliphatic rings. The van der Waals surface area contributed by atoms with E-state index >= 15 is 0 Å². The number of carbonyl (C=O) groups excluding carboxylic acids is 1. The third-order valence-electron chi connectivity index (χ3n) is 3.60. The largest absolute Gasteiger partial charge is 0.342 e. The van der Waals surface area contributed by atoms with Gasteiger partial charge in [0.15, 0.2) is 0 Å². The molecule has 1 aromatic carbocycles. The van der Waals surface area contributed by atoms with Crippen LogP contribution in [-0.2, 0) is 4.79 Å². The fourth-order valence-corrected chi connectivity index (χ4v) is 3.37. The van der Waals surface area contributed by atoms with E-state index in [-0.39, 0.29) is 5.25 Å². The first kappa shape index (κ1) is 14.4. The number of aryl methyl sites for hydroxylation is 1. The molecule has 1 heterocycles. The molecule has 1 amide bonds. The maximum absolute atomic E-state index is 12.4. The monoisotopic (exact) mass is 277 g/mol. The van der Waals surface area contributed by atoms with E-state index in [1.54, 1.807) is 11.8 Å². The minimum atomic E-state index is 0.0146. The minimum absolute atomic E-state index is 0.0146. The van der Waals surface area contributed by atoms with Crippen LogP contribution in [-0.4, -0.2) is 29.1 Å².